The molecule has 1 aliphatic carbocycles. The van der Waals surface area contributed by atoms with Gasteiger partial charge in [-0.3, -0.25) is 0 Å². The molecule has 78 valence electrons. The molecular weight excluding hydrogens is 162 g/mol. The Bertz CT molecular complexity index is 156. The molecule has 0 amide bonds. The zero-order valence-electron chi connectivity index (χ0n) is 9.14. The van der Waals surface area contributed by atoms with Gasteiger partial charge in [0.05, 0.1) is 6.61 Å². The van der Waals surface area contributed by atoms with Crippen molar-refractivity contribution >= 4 is 0 Å². The van der Waals surface area contributed by atoms with Crippen molar-refractivity contribution in [1.29, 1.82) is 0 Å². The van der Waals surface area contributed by atoms with E-state index in [2.05, 4.69) is 26.1 Å². The molecule has 0 aromatic carbocycles. The first-order chi connectivity index (χ1) is 6.03. The first kappa shape index (κ1) is 11.0. The summed E-state index contributed by atoms with van der Waals surface area (Å²) in [5.74, 6) is 0.819. The highest BCUT2D eigenvalue weighted by Crippen LogP contribution is 2.38. The van der Waals surface area contributed by atoms with Crippen LogP contribution in [0, 0.1) is 11.3 Å². The molecule has 0 bridgehead atoms. The van der Waals surface area contributed by atoms with E-state index in [4.69, 9.17) is 5.11 Å². The van der Waals surface area contributed by atoms with Gasteiger partial charge in [0.2, 0.25) is 0 Å². The monoisotopic (exact) mass is 185 g/mol. The summed E-state index contributed by atoms with van der Waals surface area (Å²) in [4.78, 5) is 0. The lowest BCUT2D eigenvalue weighted by Gasteiger charge is -2.39. The molecule has 13 heavy (non-hydrogen) atoms. The molecule has 0 radical (unpaired) electrons. The summed E-state index contributed by atoms with van der Waals surface area (Å²) in [5, 5.41) is 12.1. The van der Waals surface area contributed by atoms with Crippen molar-refractivity contribution in [2.45, 2.75) is 46.1 Å². The highest BCUT2D eigenvalue weighted by Gasteiger charge is 2.31. The molecule has 0 spiro atoms. The summed E-state index contributed by atoms with van der Waals surface area (Å²) in [6.07, 6.45) is 3.85. The van der Waals surface area contributed by atoms with Crippen LogP contribution in [-0.4, -0.2) is 24.3 Å². The zero-order chi connectivity index (χ0) is 9.90. The van der Waals surface area contributed by atoms with E-state index >= 15 is 0 Å². The van der Waals surface area contributed by atoms with E-state index < -0.39 is 0 Å². The zero-order valence-corrected chi connectivity index (χ0v) is 9.14. The van der Waals surface area contributed by atoms with Crippen molar-refractivity contribution in [1.82, 2.24) is 5.32 Å². The number of rotatable bonds is 3. The first-order valence-electron chi connectivity index (χ1n) is 5.38. The minimum Gasteiger partial charge on any atom is -0.395 e. The van der Waals surface area contributed by atoms with Crippen molar-refractivity contribution in [2.75, 3.05) is 13.2 Å². The summed E-state index contributed by atoms with van der Waals surface area (Å²) < 4.78 is 0. The summed E-state index contributed by atoms with van der Waals surface area (Å²) in [5.41, 5.74) is 0.477. The van der Waals surface area contributed by atoms with Gasteiger partial charge in [0.25, 0.3) is 0 Å². The van der Waals surface area contributed by atoms with E-state index in [0.717, 1.165) is 12.5 Å². The summed E-state index contributed by atoms with van der Waals surface area (Å²) >= 11 is 0. The van der Waals surface area contributed by atoms with Gasteiger partial charge in [-0.15, -0.1) is 0 Å². The normalized spacial score (nSPS) is 33.2. The van der Waals surface area contributed by atoms with Gasteiger partial charge in [-0.25, -0.2) is 0 Å². The van der Waals surface area contributed by atoms with Crippen molar-refractivity contribution in [3.63, 3.8) is 0 Å². The molecule has 2 heteroatoms. The lowest BCUT2D eigenvalue weighted by atomic mass is 9.70. The third kappa shape index (κ3) is 3.65. The smallest absolute Gasteiger partial charge is 0.0556 e. The maximum Gasteiger partial charge on any atom is 0.0556 e. The standard InChI is InChI=1S/C11H23NO/c1-9-6-10(12-4-5-13)8-11(2,3)7-9/h9-10,12-13H,4-8H2,1-3H3. The SMILES string of the molecule is CC1CC(NCCO)CC(C)(C)C1. The summed E-state index contributed by atoms with van der Waals surface area (Å²) in [6, 6.07) is 0.617. The van der Waals surface area contributed by atoms with Crippen molar-refractivity contribution in [3.05, 3.63) is 0 Å². The molecule has 1 saturated carbocycles. The van der Waals surface area contributed by atoms with Crippen LogP contribution in [0.2, 0.25) is 0 Å². The second-order valence-corrected chi connectivity index (χ2v) is 5.29. The average molecular weight is 185 g/mol. The Labute approximate surface area is 81.7 Å². The van der Waals surface area contributed by atoms with E-state index in [-0.39, 0.29) is 6.61 Å². The van der Waals surface area contributed by atoms with Gasteiger partial charge >= 0.3 is 0 Å². The predicted molar refractivity (Wildman–Crippen MR) is 55.7 cm³/mol. The molecule has 2 nitrogen and oxygen atoms in total. The van der Waals surface area contributed by atoms with E-state index in [1.807, 2.05) is 0 Å². The lowest BCUT2D eigenvalue weighted by molar-refractivity contribution is 0.146. The van der Waals surface area contributed by atoms with Crippen LogP contribution < -0.4 is 5.32 Å². The van der Waals surface area contributed by atoms with E-state index in [1.165, 1.54) is 19.3 Å². The fourth-order valence-corrected chi connectivity index (χ4v) is 2.77. The van der Waals surface area contributed by atoms with Crippen molar-refractivity contribution in [3.8, 4) is 0 Å². The molecule has 1 rings (SSSR count). The Kier molecular flexibility index (Phi) is 3.74. The quantitative estimate of drug-likeness (QED) is 0.702. The molecule has 2 unspecified atom stereocenters. The van der Waals surface area contributed by atoms with Crippen LogP contribution in [0.3, 0.4) is 0 Å². The minimum atomic E-state index is 0.255. The molecule has 0 aromatic heterocycles. The highest BCUT2D eigenvalue weighted by atomic mass is 16.3. The maximum atomic E-state index is 8.73. The van der Waals surface area contributed by atoms with Gasteiger partial charge in [-0.2, -0.15) is 0 Å². The number of aliphatic hydroxyl groups is 1. The first-order valence-corrected chi connectivity index (χ1v) is 5.38. The average Bonchev–Trinajstić information content (AvgIpc) is 1.97. The van der Waals surface area contributed by atoms with Gasteiger partial charge in [-0.05, 0) is 30.6 Å². The van der Waals surface area contributed by atoms with Crippen LogP contribution in [0.4, 0.5) is 0 Å². The third-order valence-electron chi connectivity index (χ3n) is 2.93. The molecule has 2 atom stereocenters. The molecule has 1 aliphatic rings. The fraction of sp³-hybridized carbons (Fsp3) is 1.00. The van der Waals surface area contributed by atoms with Gasteiger partial charge in [-0.1, -0.05) is 20.8 Å². The van der Waals surface area contributed by atoms with Gasteiger partial charge in [0.15, 0.2) is 0 Å². The Morgan fingerprint density at radius 1 is 1.38 bits per heavy atom. The maximum absolute atomic E-state index is 8.73. The largest absolute Gasteiger partial charge is 0.395 e. The van der Waals surface area contributed by atoms with E-state index in [1.54, 1.807) is 0 Å². The van der Waals surface area contributed by atoms with Crippen molar-refractivity contribution < 1.29 is 5.11 Å². The molecule has 0 saturated heterocycles. The van der Waals surface area contributed by atoms with Gasteiger partial charge < -0.3 is 10.4 Å². The number of hydrogen-bond acceptors (Lipinski definition) is 2. The predicted octanol–water partition coefficient (Wildman–Crippen LogP) is 1.78. The minimum absolute atomic E-state index is 0.255. The van der Waals surface area contributed by atoms with Crippen LogP contribution in [0.1, 0.15) is 40.0 Å². The van der Waals surface area contributed by atoms with Gasteiger partial charge in [0, 0.05) is 12.6 Å². The third-order valence-corrected chi connectivity index (χ3v) is 2.93. The Morgan fingerprint density at radius 2 is 2.08 bits per heavy atom. The van der Waals surface area contributed by atoms with Gasteiger partial charge in [0.1, 0.15) is 0 Å². The Balaban J connectivity index is 2.38. The topological polar surface area (TPSA) is 32.3 Å². The number of nitrogens with one attached hydrogen (secondary N) is 1. The highest BCUT2D eigenvalue weighted by molar-refractivity contribution is 4.86. The lowest BCUT2D eigenvalue weighted by Crippen LogP contribution is -2.41. The van der Waals surface area contributed by atoms with E-state index in [0.29, 0.717) is 11.5 Å². The summed E-state index contributed by atoms with van der Waals surface area (Å²) in [6.45, 7) is 8.01. The Hall–Kier alpha value is -0.0800. The van der Waals surface area contributed by atoms with Crippen LogP contribution >= 0.6 is 0 Å². The molecular formula is C11H23NO. The van der Waals surface area contributed by atoms with Crippen molar-refractivity contribution in [2.24, 2.45) is 11.3 Å². The Morgan fingerprint density at radius 3 is 2.62 bits per heavy atom. The number of hydrogen-bond donors (Lipinski definition) is 2. The molecule has 2 N–H and O–H groups in total. The molecule has 0 heterocycles. The molecule has 1 fully saturated rings. The second-order valence-electron chi connectivity index (χ2n) is 5.29. The summed E-state index contributed by atoms with van der Waals surface area (Å²) in [7, 11) is 0. The molecule has 0 aliphatic heterocycles. The van der Waals surface area contributed by atoms with Crippen LogP contribution in [-0.2, 0) is 0 Å². The number of aliphatic hydroxyl groups excluding tert-OH is 1. The van der Waals surface area contributed by atoms with Crippen LogP contribution in [0.5, 0.6) is 0 Å². The second kappa shape index (κ2) is 4.43. The molecule has 0 aromatic rings. The fourth-order valence-electron chi connectivity index (χ4n) is 2.77. The van der Waals surface area contributed by atoms with Crippen LogP contribution in [0.25, 0.3) is 0 Å². The van der Waals surface area contributed by atoms with Crippen LogP contribution in [0.15, 0.2) is 0 Å². The van der Waals surface area contributed by atoms with E-state index in [9.17, 15) is 0 Å².